The first-order valence-electron chi connectivity index (χ1n) is 11.6. The van der Waals surface area contributed by atoms with Crippen LogP contribution in [0.3, 0.4) is 0 Å². The second-order valence-corrected chi connectivity index (χ2v) is 8.64. The molecule has 0 radical (unpaired) electrons. The van der Waals surface area contributed by atoms with Crippen LogP contribution < -0.4 is 5.32 Å². The second-order valence-electron chi connectivity index (χ2n) is 8.64. The van der Waals surface area contributed by atoms with Crippen molar-refractivity contribution in [3.05, 3.63) is 90.0 Å². The maximum Gasteiger partial charge on any atom is 0.416 e. The highest BCUT2D eigenvalue weighted by Gasteiger charge is 2.31. The molecule has 35 heavy (non-hydrogen) atoms. The van der Waals surface area contributed by atoms with Gasteiger partial charge in [0.15, 0.2) is 0 Å². The molecular formula is C26H28F3N5O. The Kier molecular flexibility index (Phi) is 7.97. The minimum atomic E-state index is -4.47. The summed E-state index contributed by atoms with van der Waals surface area (Å²) in [5.41, 5.74) is 1.24. The van der Waals surface area contributed by atoms with Crippen LogP contribution in [0, 0.1) is 0 Å². The van der Waals surface area contributed by atoms with E-state index in [1.165, 1.54) is 12.1 Å². The van der Waals surface area contributed by atoms with Gasteiger partial charge >= 0.3 is 12.2 Å². The fourth-order valence-electron chi connectivity index (χ4n) is 4.30. The average molecular weight is 484 g/mol. The van der Waals surface area contributed by atoms with Gasteiger partial charge in [-0.25, -0.2) is 4.79 Å². The van der Waals surface area contributed by atoms with E-state index in [2.05, 4.69) is 20.2 Å². The van der Waals surface area contributed by atoms with E-state index in [0.717, 1.165) is 62.3 Å². The maximum absolute atomic E-state index is 13.3. The summed E-state index contributed by atoms with van der Waals surface area (Å²) in [5.74, 6) is 0. The highest BCUT2D eigenvalue weighted by molar-refractivity contribution is 5.89. The lowest BCUT2D eigenvalue weighted by molar-refractivity contribution is -0.137. The van der Waals surface area contributed by atoms with Crippen LogP contribution >= 0.6 is 0 Å². The molecule has 1 aliphatic heterocycles. The van der Waals surface area contributed by atoms with Crippen molar-refractivity contribution in [2.45, 2.75) is 38.0 Å². The number of halogens is 3. The Hall–Kier alpha value is -3.46. The fraction of sp³-hybridized carbons (Fsp3) is 0.346. The number of piperidine rings is 1. The summed E-state index contributed by atoms with van der Waals surface area (Å²) in [6.07, 6.45) is 3.10. The average Bonchev–Trinajstić information content (AvgIpc) is 2.87. The number of pyridine rings is 2. The summed E-state index contributed by atoms with van der Waals surface area (Å²) in [7, 11) is 0. The molecule has 0 unspecified atom stereocenters. The standard InChI is InChI=1S/C26H28F3N5O/c27-26(28,29)21-6-3-8-23(17-21)32-25(35)34(19-20-5-4-12-30-18-20)24-10-15-33(16-11-24)14-9-22-7-1-2-13-31-22/h1-8,12-13,17-18,24H,9-11,14-16,19H2,(H,32,35). The summed E-state index contributed by atoms with van der Waals surface area (Å²) >= 11 is 0. The summed E-state index contributed by atoms with van der Waals surface area (Å²) < 4.78 is 39.3. The van der Waals surface area contributed by atoms with Gasteiger partial charge in [-0.3, -0.25) is 9.97 Å². The fourth-order valence-corrected chi connectivity index (χ4v) is 4.30. The van der Waals surface area contributed by atoms with Gasteiger partial charge in [0.05, 0.1) is 5.56 Å². The summed E-state index contributed by atoms with van der Waals surface area (Å²) in [4.78, 5) is 25.8. The van der Waals surface area contributed by atoms with Gasteiger partial charge in [-0.05, 0) is 54.8 Å². The zero-order valence-corrected chi connectivity index (χ0v) is 19.3. The highest BCUT2D eigenvalue weighted by Crippen LogP contribution is 2.31. The molecule has 0 atom stereocenters. The number of carbonyl (C=O) groups is 1. The van der Waals surface area contributed by atoms with Crippen molar-refractivity contribution in [2.75, 3.05) is 25.0 Å². The van der Waals surface area contributed by atoms with Crippen LogP contribution in [0.15, 0.2) is 73.2 Å². The third-order valence-corrected chi connectivity index (χ3v) is 6.19. The SMILES string of the molecule is O=C(Nc1cccc(C(F)(F)F)c1)N(Cc1cccnc1)C1CCN(CCc2ccccn2)CC1. The Labute approximate surface area is 202 Å². The summed E-state index contributed by atoms with van der Waals surface area (Å²) in [6, 6.07) is 13.8. The first-order valence-corrected chi connectivity index (χ1v) is 11.6. The van der Waals surface area contributed by atoms with E-state index in [9.17, 15) is 18.0 Å². The number of anilines is 1. The van der Waals surface area contributed by atoms with Gasteiger partial charge in [0.2, 0.25) is 0 Å². The van der Waals surface area contributed by atoms with Crippen LogP contribution in [0.4, 0.5) is 23.7 Å². The van der Waals surface area contributed by atoms with Crippen molar-refractivity contribution in [1.82, 2.24) is 19.8 Å². The number of alkyl halides is 3. The zero-order valence-electron chi connectivity index (χ0n) is 19.3. The predicted octanol–water partition coefficient (Wildman–Crippen LogP) is 5.24. The van der Waals surface area contributed by atoms with E-state index < -0.39 is 17.8 Å². The smallest absolute Gasteiger partial charge is 0.317 e. The molecule has 3 aromatic rings. The Morgan fingerprint density at radius 3 is 2.57 bits per heavy atom. The molecule has 0 saturated carbocycles. The molecule has 0 spiro atoms. The molecule has 4 rings (SSSR count). The minimum absolute atomic E-state index is 0.0351. The van der Waals surface area contributed by atoms with Crippen molar-refractivity contribution >= 4 is 11.7 Å². The lowest BCUT2D eigenvalue weighted by Crippen LogP contribution is -2.48. The van der Waals surface area contributed by atoms with Crippen molar-refractivity contribution in [1.29, 1.82) is 0 Å². The van der Waals surface area contributed by atoms with Crippen LogP contribution in [0.25, 0.3) is 0 Å². The molecule has 1 N–H and O–H groups in total. The number of urea groups is 1. The number of carbonyl (C=O) groups excluding carboxylic acids is 1. The monoisotopic (exact) mass is 483 g/mol. The molecular weight excluding hydrogens is 455 g/mol. The second kappa shape index (κ2) is 11.3. The molecule has 1 aromatic carbocycles. The first kappa shape index (κ1) is 24.7. The Morgan fingerprint density at radius 2 is 1.89 bits per heavy atom. The first-order chi connectivity index (χ1) is 16.9. The van der Waals surface area contributed by atoms with Gasteiger partial charge in [-0.15, -0.1) is 0 Å². The normalized spacial score (nSPS) is 15.1. The number of hydrogen-bond donors (Lipinski definition) is 1. The topological polar surface area (TPSA) is 61.4 Å². The Balaban J connectivity index is 1.42. The van der Waals surface area contributed by atoms with Gasteiger partial charge in [0.25, 0.3) is 0 Å². The van der Waals surface area contributed by atoms with Crippen LogP contribution in [0.2, 0.25) is 0 Å². The van der Waals surface area contributed by atoms with Gasteiger partial charge in [-0.2, -0.15) is 13.2 Å². The number of benzene rings is 1. The number of nitrogens with one attached hydrogen (secondary N) is 1. The number of nitrogens with zero attached hydrogens (tertiary/aromatic N) is 4. The van der Waals surface area contributed by atoms with Crippen LogP contribution in [0.1, 0.15) is 29.7 Å². The summed E-state index contributed by atoms with van der Waals surface area (Å²) in [6.45, 7) is 2.88. The Morgan fingerprint density at radius 1 is 1.06 bits per heavy atom. The molecule has 9 heteroatoms. The maximum atomic E-state index is 13.3. The van der Waals surface area contributed by atoms with E-state index >= 15 is 0 Å². The number of aromatic nitrogens is 2. The molecule has 184 valence electrons. The third-order valence-electron chi connectivity index (χ3n) is 6.19. The molecule has 1 fully saturated rings. The molecule has 2 aromatic heterocycles. The van der Waals surface area contributed by atoms with Gasteiger partial charge in [0.1, 0.15) is 0 Å². The van der Waals surface area contributed by atoms with Gasteiger partial charge in [0, 0.05) is 68.6 Å². The zero-order chi connectivity index (χ0) is 24.7. The number of hydrogen-bond acceptors (Lipinski definition) is 4. The molecule has 0 bridgehead atoms. The number of amides is 2. The third kappa shape index (κ3) is 7.02. The largest absolute Gasteiger partial charge is 0.416 e. The van der Waals surface area contributed by atoms with E-state index in [4.69, 9.17) is 0 Å². The molecule has 2 amide bonds. The predicted molar refractivity (Wildman–Crippen MR) is 128 cm³/mol. The lowest BCUT2D eigenvalue weighted by Gasteiger charge is -2.38. The van der Waals surface area contributed by atoms with Crippen molar-refractivity contribution in [2.24, 2.45) is 0 Å². The molecule has 6 nitrogen and oxygen atoms in total. The number of likely N-dealkylation sites (tertiary alicyclic amines) is 1. The quantitative estimate of drug-likeness (QED) is 0.500. The van der Waals surface area contributed by atoms with Crippen molar-refractivity contribution in [3.63, 3.8) is 0 Å². The lowest BCUT2D eigenvalue weighted by atomic mass is 10.0. The number of rotatable bonds is 7. The molecule has 1 saturated heterocycles. The van der Waals surface area contributed by atoms with E-state index in [0.29, 0.717) is 6.54 Å². The molecule has 1 aliphatic rings. The molecule has 0 aliphatic carbocycles. The van der Waals surface area contributed by atoms with E-state index in [1.54, 1.807) is 29.6 Å². The van der Waals surface area contributed by atoms with Gasteiger partial charge in [-0.1, -0.05) is 18.2 Å². The van der Waals surface area contributed by atoms with Crippen LogP contribution in [-0.2, 0) is 19.1 Å². The van der Waals surface area contributed by atoms with E-state index in [1.807, 2.05) is 24.3 Å². The van der Waals surface area contributed by atoms with Gasteiger partial charge < -0.3 is 15.1 Å². The van der Waals surface area contributed by atoms with Crippen LogP contribution in [-0.4, -0.2) is 51.5 Å². The minimum Gasteiger partial charge on any atom is -0.317 e. The van der Waals surface area contributed by atoms with Crippen molar-refractivity contribution < 1.29 is 18.0 Å². The van der Waals surface area contributed by atoms with Crippen molar-refractivity contribution in [3.8, 4) is 0 Å². The summed E-state index contributed by atoms with van der Waals surface area (Å²) in [5, 5.41) is 2.67. The molecule has 3 heterocycles. The van der Waals surface area contributed by atoms with Crippen LogP contribution in [0.5, 0.6) is 0 Å². The van der Waals surface area contributed by atoms with E-state index in [-0.39, 0.29) is 11.7 Å². The highest BCUT2D eigenvalue weighted by atomic mass is 19.4. The Bertz CT molecular complexity index is 1090.